The number of halogens is 3. The normalized spacial score (nSPS) is 21.1. The molecule has 0 spiro atoms. The van der Waals surface area contributed by atoms with Crippen LogP contribution in [0.3, 0.4) is 0 Å². The molecule has 2 aromatic heterocycles. The van der Waals surface area contributed by atoms with Crippen molar-refractivity contribution < 1.29 is 18.3 Å². The second-order valence-corrected chi connectivity index (χ2v) is 7.07. The van der Waals surface area contributed by atoms with E-state index >= 15 is 0 Å². The van der Waals surface area contributed by atoms with E-state index in [1.54, 1.807) is 6.92 Å². The van der Waals surface area contributed by atoms with Gasteiger partial charge in [-0.15, -0.1) is 4.80 Å². The molecule has 0 fully saturated rings. The fourth-order valence-corrected chi connectivity index (χ4v) is 3.52. The second kappa shape index (κ2) is 8.40. The van der Waals surface area contributed by atoms with Crippen molar-refractivity contribution in [3.05, 3.63) is 53.0 Å². The van der Waals surface area contributed by atoms with Crippen LogP contribution in [0.4, 0.5) is 19.3 Å². The monoisotopic (exact) mass is 450 g/mol. The second-order valence-electron chi connectivity index (χ2n) is 6.66. The van der Waals surface area contributed by atoms with Crippen LogP contribution in [0.2, 0.25) is 5.02 Å². The molecule has 1 unspecified atom stereocenters. The van der Waals surface area contributed by atoms with E-state index in [-0.39, 0.29) is 10.7 Å². The summed E-state index contributed by atoms with van der Waals surface area (Å²) in [5.74, 6) is -0.651. The fraction of sp³-hybridized carbons (Fsp3) is 0.278. The maximum absolute atomic E-state index is 14.4. The summed E-state index contributed by atoms with van der Waals surface area (Å²) < 4.78 is 33.5. The molecule has 0 aliphatic carbocycles. The number of urea groups is 1. The number of anilines is 1. The molecule has 2 aliphatic heterocycles. The van der Waals surface area contributed by atoms with Gasteiger partial charge in [0.2, 0.25) is 0 Å². The maximum atomic E-state index is 14.4. The molecule has 0 radical (unpaired) electrons. The Hall–Kier alpha value is -3.38. The van der Waals surface area contributed by atoms with Crippen molar-refractivity contribution in [3.63, 3.8) is 0 Å². The summed E-state index contributed by atoms with van der Waals surface area (Å²) in [4.78, 5) is 17.9. The molecule has 31 heavy (non-hydrogen) atoms. The molecule has 10 nitrogen and oxygen atoms in total. The zero-order valence-corrected chi connectivity index (χ0v) is 17.1. The molecule has 13 heteroatoms. The van der Waals surface area contributed by atoms with Crippen LogP contribution in [0.25, 0.3) is 5.82 Å². The average Bonchev–Trinajstić information content (AvgIpc) is 3.36. The van der Waals surface area contributed by atoms with Gasteiger partial charge in [0.05, 0.1) is 53.5 Å². The molecular weight excluding hydrogens is 434 g/mol. The van der Waals surface area contributed by atoms with Crippen LogP contribution < -0.4 is 10.6 Å². The Morgan fingerprint density at radius 2 is 2.06 bits per heavy atom. The molecule has 2 N–H and O–H groups in total. The van der Waals surface area contributed by atoms with E-state index in [1.165, 1.54) is 47.8 Å². The SMILES string of the molecule is CO[C@@H](C)C1=C(NC(=O)Nc2cnc(-n3nccn3)c(Cl)c2)C=NN2C=C(F)[C@@H](F)C12. The highest BCUT2D eigenvalue weighted by molar-refractivity contribution is 6.32. The molecule has 162 valence electrons. The van der Waals surface area contributed by atoms with E-state index in [9.17, 15) is 13.6 Å². The number of ether oxygens (including phenoxy) is 1. The van der Waals surface area contributed by atoms with E-state index in [0.717, 1.165) is 6.20 Å². The Labute approximate surface area is 180 Å². The minimum absolute atomic E-state index is 0.204. The van der Waals surface area contributed by atoms with Crippen LogP contribution in [0.5, 0.6) is 0 Å². The van der Waals surface area contributed by atoms with Gasteiger partial charge in [-0.2, -0.15) is 15.3 Å². The predicted octanol–water partition coefficient (Wildman–Crippen LogP) is 2.56. The number of pyridine rings is 1. The zero-order chi connectivity index (χ0) is 22.1. The lowest BCUT2D eigenvalue weighted by molar-refractivity contribution is 0.117. The van der Waals surface area contributed by atoms with Crippen molar-refractivity contribution in [2.24, 2.45) is 5.10 Å². The van der Waals surface area contributed by atoms with Crippen molar-refractivity contribution in [2.45, 2.75) is 25.2 Å². The Morgan fingerprint density at radius 1 is 1.32 bits per heavy atom. The summed E-state index contributed by atoms with van der Waals surface area (Å²) in [5.41, 5.74) is 0.849. The lowest BCUT2D eigenvalue weighted by atomic mass is 9.95. The molecule has 2 amide bonds. The van der Waals surface area contributed by atoms with Gasteiger partial charge in [-0.05, 0) is 13.0 Å². The van der Waals surface area contributed by atoms with E-state index in [1.807, 2.05) is 0 Å². The van der Waals surface area contributed by atoms with Crippen LogP contribution in [0.15, 0.2) is 53.1 Å². The number of nitrogens with one attached hydrogen (secondary N) is 2. The van der Waals surface area contributed by atoms with Crippen LogP contribution >= 0.6 is 11.6 Å². The number of carbonyl (C=O) groups is 1. The van der Waals surface area contributed by atoms with Gasteiger partial charge in [-0.3, -0.25) is 5.01 Å². The highest BCUT2D eigenvalue weighted by Crippen LogP contribution is 2.35. The van der Waals surface area contributed by atoms with Gasteiger partial charge in [-0.25, -0.2) is 18.6 Å². The van der Waals surface area contributed by atoms with Crippen molar-refractivity contribution >= 4 is 29.5 Å². The topological polar surface area (TPSA) is 110 Å². The highest BCUT2D eigenvalue weighted by Gasteiger charge is 2.43. The summed E-state index contributed by atoms with van der Waals surface area (Å²) in [5, 5.41) is 18.5. The first kappa shape index (κ1) is 20.9. The zero-order valence-electron chi connectivity index (χ0n) is 16.3. The maximum Gasteiger partial charge on any atom is 0.323 e. The van der Waals surface area contributed by atoms with Crippen molar-refractivity contribution in [3.8, 4) is 5.82 Å². The van der Waals surface area contributed by atoms with Gasteiger partial charge < -0.3 is 15.4 Å². The Kier molecular flexibility index (Phi) is 5.65. The number of aromatic nitrogens is 4. The molecule has 0 saturated heterocycles. The molecule has 0 bridgehead atoms. The Bertz CT molecular complexity index is 1090. The van der Waals surface area contributed by atoms with Crippen LogP contribution in [-0.4, -0.2) is 62.7 Å². The van der Waals surface area contributed by atoms with Crippen LogP contribution in [-0.2, 0) is 4.74 Å². The minimum atomic E-state index is -1.92. The number of methoxy groups -OCH3 is 1. The molecule has 4 rings (SSSR count). The lowest BCUT2D eigenvalue weighted by Crippen LogP contribution is -2.43. The summed E-state index contributed by atoms with van der Waals surface area (Å²) in [6, 6.07) is -0.225. The van der Waals surface area contributed by atoms with E-state index in [2.05, 4.69) is 30.9 Å². The molecule has 0 aromatic carbocycles. The summed E-state index contributed by atoms with van der Waals surface area (Å²) in [6.07, 6.45) is 4.09. The number of carbonyl (C=O) groups excluding carboxylic acids is 1. The number of hydrogen-bond donors (Lipinski definition) is 2. The van der Waals surface area contributed by atoms with Crippen molar-refractivity contribution in [1.29, 1.82) is 0 Å². The van der Waals surface area contributed by atoms with E-state index < -0.39 is 30.2 Å². The number of alkyl halides is 1. The number of rotatable bonds is 5. The van der Waals surface area contributed by atoms with Crippen molar-refractivity contribution in [2.75, 3.05) is 12.4 Å². The summed E-state index contributed by atoms with van der Waals surface area (Å²) >= 11 is 6.20. The molecular formula is C18H17ClF2N8O2. The third kappa shape index (κ3) is 3.99. The van der Waals surface area contributed by atoms with Crippen molar-refractivity contribution in [1.82, 2.24) is 30.3 Å². The van der Waals surface area contributed by atoms with Crippen LogP contribution in [0.1, 0.15) is 6.92 Å². The molecule has 4 heterocycles. The number of amides is 2. The van der Waals surface area contributed by atoms with Gasteiger partial charge >= 0.3 is 6.03 Å². The van der Waals surface area contributed by atoms with E-state index in [4.69, 9.17) is 16.3 Å². The molecule has 0 saturated carbocycles. The van der Waals surface area contributed by atoms with Gasteiger partial charge in [0.15, 0.2) is 17.8 Å². The Balaban J connectivity index is 1.53. The van der Waals surface area contributed by atoms with Gasteiger partial charge in [-0.1, -0.05) is 11.6 Å². The van der Waals surface area contributed by atoms with Crippen LogP contribution in [0, 0.1) is 0 Å². The minimum Gasteiger partial charge on any atom is -0.377 e. The summed E-state index contributed by atoms with van der Waals surface area (Å²) in [7, 11) is 1.43. The number of fused-ring (bicyclic) bond motifs is 1. The smallest absolute Gasteiger partial charge is 0.323 e. The Morgan fingerprint density at radius 3 is 2.74 bits per heavy atom. The van der Waals surface area contributed by atoms with E-state index in [0.29, 0.717) is 17.1 Å². The molecule has 2 aliphatic rings. The highest BCUT2D eigenvalue weighted by atomic mass is 35.5. The lowest BCUT2D eigenvalue weighted by Gasteiger charge is -2.32. The summed E-state index contributed by atoms with van der Waals surface area (Å²) in [6.45, 7) is 1.67. The number of hydrazone groups is 1. The van der Waals surface area contributed by atoms with Gasteiger partial charge in [0, 0.05) is 12.7 Å². The third-order valence-corrected chi connectivity index (χ3v) is 5.04. The molecule has 3 atom stereocenters. The van der Waals surface area contributed by atoms with Gasteiger partial charge in [0.25, 0.3) is 0 Å². The predicted molar refractivity (Wildman–Crippen MR) is 108 cm³/mol. The first-order chi connectivity index (χ1) is 14.9. The first-order valence-electron chi connectivity index (χ1n) is 9.09. The average molecular weight is 451 g/mol. The quantitative estimate of drug-likeness (QED) is 0.724. The fourth-order valence-electron chi connectivity index (χ4n) is 3.27. The largest absolute Gasteiger partial charge is 0.377 e. The first-order valence-corrected chi connectivity index (χ1v) is 9.47. The van der Waals surface area contributed by atoms with Gasteiger partial charge in [0.1, 0.15) is 6.04 Å². The number of allylic oxidation sites excluding steroid dienone is 1. The standard InChI is InChI=1S/C18H17ClF2N8O2/c1-9(31-2)14-13(7-25-28-8-12(20)15(21)16(14)28)27-18(30)26-10-5-11(19)17(22-6-10)29-23-3-4-24-29/h3-9,15-16H,1-2H3,(H2,26,27,30)/t9-,15+,16?/m0/s1. The number of nitrogens with zero attached hydrogens (tertiary/aromatic N) is 6. The molecule has 2 aromatic rings. The number of hydrogen-bond acceptors (Lipinski definition) is 7. The third-order valence-electron chi connectivity index (χ3n) is 4.76.